The number of allylic oxidation sites excluding steroid dienone is 1. The van der Waals surface area contributed by atoms with Crippen molar-refractivity contribution in [2.45, 2.75) is 6.42 Å². The maximum Gasteiger partial charge on any atom is 0.270 e. The summed E-state index contributed by atoms with van der Waals surface area (Å²) < 4.78 is 2.05. The Morgan fingerprint density at radius 1 is 1.00 bits per heavy atom. The van der Waals surface area contributed by atoms with Crippen molar-refractivity contribution >= 4 is 22.7 Å². The summed E-state index contributed by atoms with van der Waals surface area (Å²) in [7, 11) is 0. The molecule has 0 aliphatic rings. The van der Waals surface area contributed by atoms with Crippen LogP contribution in [-0.4, -0.2) is 14.5 Å². The summed E-state index contributed by atoms with van der Waals surface area (Å²) in [5, 5.41) is 11.9. The zero-order valence-corrected chi connectivity index (χ0v) is 14.5. The standard InChI is InChI=1S/C22H17N3O2/c26-25(27)20-12-13-21-18(16-20)15-19(24(21)22-11-4-5-14-23-22)10-6-9-17-7-2-1-3-8-17/h1-9,11-16H,10H2/b9-6+. The van der Waals surface area contributed by atoms with Crippen LogP contribution in [0.5, 0.6) is 0 Å². The number of rotatable bonds is 5. The quantitative estimate of drug-likeness (QED) is 0.366. The van der Waals surface area contributed by atoms with Gasteiger partial charge in [-0.15, -0.1) is 0 Å². The van der Waals surface area contributed by atoms with E-state index in [2.05, 4.69) is 17.1 Å². The lowest BCUT2D eigenvalue weighted by Crippen LogP contribution is -2.01. The van der Waals surface area contributed by atoms with Gasteiger partial charge in [0.1, 0.15) is 5.82 Å². The summed E-state index contributed by atoms with van der Waals surface area (Å²) in [5.74, 6) is 0.796. The van der Waals surface area contributed by atoms with Crippen LogP contribution in [0, 0.1) is 10.1 Å². The lowest BCUT2D eigenvalue weighted by Gasteiger charge is -2.08. The third-order valence-electron chi connectivity index (χ3n) is 4.39. The largest absolute Gasteiger partial charge is 0.298 e. The molecule has 4 rings (SSSR count). The van der Waals surface area contributed by atoms with Gasteiger partial charge < -0.3 is 0 Å². The van der Waals surface area contributed by atoms with Gasteiger partial charge in [-0.2, -0.15) is 0 Å². The van der Waals surface area contributed by atoms with E-state index < -0.39 is 0 Å². The van der Waals surface area contributed by atoms with Crippen molar-refractivity contribution in [1.82, 2.24) is 9.55 Å². The van der Waals surface area contributed by atoms with Crippen molar-refractivity contribution in [3.8, 4) is 5.82 Å². The Morgan fingerprint density at radius 3 is 2.56 bits per heavy atom. The molecule has 0 aliphatic heterocycles. The maximum atomic E-state index is 11.1. The molecule has 2 heterocycles. The predicted octanol–water partition coefficient (Wildman–Crippen LogP) is 5.19. The van der Waals surface area contributed by atoms with Crippen molar-refractivity contribution in [1.29, 1.82) is 0 Å². The van der Waals surface area contributed by atoms with Crippen molar-refractivity contribution in [2.75, 3.05) is 0 Å². The van der Waals surface area contributed by atoms with Gasteiger partial charge in [-0.3, -0.25) is 14.7 Å². The van der Waals surface area contributed by atoms with Crippen LogP contribution < -0.4 is 0 Å². The Kier molecular flexibility index (Phi) is 4.49. The van der Waals surface area contributed by atoms with Crippen LogP contribution in [0.3, 0.4) is 0 Å². The fraction of sp³-hybridized carbons (Fsp3) is 0.0455. The number of nitro benzene ring substituents is 1. The van der Waals surface area contributed by atoms with Crippen LogP contribution in [0.15, 0.2) is 85.1 Å². The number of hydrogen-bond donors (Lipinski definition) is 0. The first-order valence-electron chi connectivity index (χ1n) is 8.64. The third-order valence-corrected chi connectivity index (χ3v) is 4.39. The fourth-order valence-corrected chi connectivity index (χ4v) is 3.16. The van der Waals surface area contributed by atoms with E-state index in [0.717, 1.165) is 28.0 Å². The Labute approximate surface area is 156 Å². The van der Waals surface area contributed by atoms with Crippen molar-refractivity contribution < 1.29 is 4.92 Å². The first-order chi connectivity index (χ1) is 13.2. The summed E-state index contributed by atoms with van der Waals surface area (Å²) in [4.78, 5) is 15.2. The number of pyridine rings is 1. The summed E-state index contributed by atoms with van der Waals surface area (Å²) in [5.41, 5.74) is 3.15. The van der Waals surface area contributed by atoms with E-state index >= 15 is 0 Å². The summed E-state index contributed by atoms with van der Waals surface area (Å²) in [6, 6.07) is 22.8. The molecular formula is C22H17N3O2. The number of nitrogens with zero attached hydrogens (tertiary/aromatic N) is 3. The lowest BCUT2D eigenvalue weighted by atomic mass is 10.2. The third kappa shape index (κ3) is 3.48. The minimum absolute atomic E-state index is 0.0899. The Bertz CT molecular complexity index is 1120. The van der Waals surface area contributed by atoms with Crippen LogP contribution >= 0.6 is 0 Å². The van der Waals surface area contributed by atoms with E-state index in [-0.39, 0.29) is 10.6 Å². The van der Waals surface area contributed by atoms with Crippen molar-refractivity contribution in [3.63, 3.8) is 0 Å². The molecule has 0 bridgehead atoms. The van der Waals surface area contributed by atoms with Crippen LogP contribution in [0.2, 0.25) is 0 Å². The number of aromatic nitrogens is 2. The van der Waals surface area contributed by atoms with E-state index in [4.69, 9.17) is 0 Å². The van der Waals surface area contributed by atoms with Gasteiger partial charge in [-0.05, 0) is 29.8 Å². The molecule has 0 spiro atoms. The highest BCUT2D eigenvalue weighted by Gasteiger charge is 2.14. The van der Waals surface area contributed by atoms with Gasteiger partial charge in [-0.1, -0.05) is 48.6 Å². The van der Waals surface area contributed by atoms with E-state index in [1.165, 1.54) is 6.07 Å². The second kappa shape index (κ2) is 7.25. The van der Waals surface area contributed by atoms with Gasteiger partial charge in [-0.25, -0.2) is 4.98 Å². The summed E-state index contributed by atoms with van der Waals surface area (Å²) in [6.07, 6.45) is 6.60. The van der Waals surface area contributed by atoms with E-state index in [0.29, 0.717) is 6.42 Å². The highest BCUT2D eigenvalue weighted by molar-refractivity contribution is 5.85. The molecular weight excluding hydrogens is 338 g/mol. The van der Waals surface area contributed by atoms with Crippen molar-refractivity contribution in [2.24, 2.45) is 0 Å². The molecule has 132 valence electrons. The van der Waals surface area contributed by atoms with Gasteiger partial charge in [0.15, 0.2) is 0 Å². The van der Waals surface area contributed by atoms with Crippen LogP contribution in [0.4, 0.5) is 5.69 Å². The number of nitro groups is 1. The van der Waals surface area contributed by atoms with Gasteiger partial charge in [0.05, 0.1) is 10.4 Å². The van der Waals surface area contributed by atoms with Gasteiger partial charge in [0.2, 0.25) is 0 Å². The molecule has 5 nitrogen and oxygen atoms in total. The highest BCUT2D eigenvalue weighted by Crippen LogP contribution is 2.27. The number of fused-ring (bicyclic) bond motifs is 1. The topological polar surface area (TPSA) is 61.0 Å². The minimum atomic E-state index is -0.369. The average molecular weight is 355 g/mol. The van der Waals surface area contributed by atoms with E-state index in [1.54, 1.807) is 18.3 Å². The van der Waals surface area contributed by atoms with Gasteiger partial charge in [0, 0.05) is 35.8 Å². The van der Waals surface area contributed by atoms with E-state index in [9.17, 15) is 10.1 Å². The second-order valence-electron chi connectivity index (χ2n) is 6.18. The SMILES string of the molecule is O=[N+]([O-])c1ccc2c(c1)cc(C/C=C/c1ccccc1)n2-c1ccccn1. The van der Waals surface area contributed by atoms with Crippen LogP contribution in [0.25, 0.3) is 22.8 Å². The molecule has 0 saturated heterocycles. The van der Waals surface area contributed by atoms with Gasteiger partial charge >= 0.3 is 0 Å². The smallest absolute Gasteiger partial charge is 0.270 e. The minimum Gasteiger partial charge on any atom is -0.298 e. The molecule has 0 N–H and O–H groups in total. The molecule has 0 saturated carbocycles. The molecule has 0 amide bonds. The normalized spacial score (nSPS) is 11.3. The molecule has 2 aromatic carbocycles. The molecule has 0 fully saturated rings. The monoisotopic (exact) mass is 355 g/mol. The fourth-order valence-electron chi connectivity index (χ4n) is 3.16. The second-order valence-corrected chi connectivity index (χ2v) is 6.18. The summed E-state index contributed by atoms with van der Waals surface area (Å²) in [6.45, 7) is 0. The van der Waals surface area contributed by atoms with Crippen LogP contribution in [0.1, 0.15) is 11.3 Å². The number of non-ortho nitro benzene ring substituents is 1. The zero-order chi connectivity index (χ0) is 18.6. The Morgan fingerprint density at radius 2 is 1.81 bits per heavy atom. The molecule has 0 aliphatic carbocycles. The van der Waals surface area contributed by atoms with Crippen molar-refractivity contribution in [3.05, 3.63) is 106 Å². The molecule has 27 heavy (non-hydrogen) atoms. The zero-order valence-electron chi connectivity index (χ0n) is 14.5. The van der Waals surface area contributed by atoms with Gasteiger partial charge in [0.25, 0.3) is 5.69 Å². The first kappa shape index (κ1) is 16.7. The number of benzene rings is 2. The van der Waals surface area contributed by atoms with E-state index in [1.807, 2.05) is 59.2 Å². The predicted molar refractivity (Wildman–Crippen MR) is 107 cm³/mol. The maximum absolute atomic E-state index is 11.1. The summed E-state index contributed by atoms with van der Waals surface area (Å²) >= 11 is 0. The lowest BCUT2D eigenvalue weighted by molar-refractivity contribution is -0.384. The highest BCUT2D eigenvalue weighted by atomic mass is 16.6. The molecule has 0 radical (unpaired) electrons. The molecule has 0 atom stereocenters. The molecule has 0 unspecified atom stereocenters. The first-order valence-corrected chi connectivity index (χ1v) is 8.64. The molecule has 4 aromatic rings. The molecule has 5 heteroatoms. The average Bonchev–Trinajstić information content (AvgIpc) is 3.07. The Hall–Kier alpha value is -3.73. The number of hydrogen-bond acceptors (Lipinski definition) is 3. The van der Waals surface area contributed by atoms with Crippen LogP contribution in [-0.2, 0) is 6.42 Å². The molecule has 2 aromatic heterocycles. The Balaban J connectivity index is 1.78.